The van der Waals surface area contributed by atoms with Crippen molar-refractivity contribution in [2.24, 2.45) is 0 Å². The fourth-order valence-corrected chi connectivity index (χ4v) is 2.66. The van der Waals surface area contributed by atoms with Crippen LogP contribution in [0.25, 0.3) is 0 Å². The van der Waals surface area contributed by atoms with E-state index < -0.39 is 0 Å². The Bertz CT molecular complexity index is 507. The Morgan fingerprint density at radius 2 is 1.74 bits per heavy atom. The van der Waals surface area contributed by atoms with E-state index in [9.17, 15) is 14.9 Å². The van der Waals surface area contributed by atoms with Crippen LogP contribution >= 0.6 is 11.8 Å². The average Bonchev–Trinajstić information content (AvgIpc) is 3.19. The minimum absolute atomic E-state index is 0.167. The van der Waals surface area contributed by atoms with Crippen molar-refractivity contribution in [3.8, 4) is 0 Å². The molecule has 0 N–H and O–H groups in total. The number of hydrogen-bond acceptors (Lipinski definition) is 5. The van der Waals surface area contributed by atoms with Crippen molar-refractivity contribution >= 4 is 23.9 Å². The highest BCUT2D eigenvalue weighted by molar-refractivity contribution is 8.00. The maximum absolute atomic E-state index is 10.3. The lowest BCUT2D eigenvalue weighted by Crippen LogP contribution is -2.16. The summed E-state index contributed by atoms with van der Waals surface area (Å²) >= 11 is 1.81. The van der Waals surface area contributed by atoms with Gasteiger partial charge in [-0.2, -0.15) is 0 Å². The van der Waals surface area contributed by atoms with E-state index >= 15 is 0 Å². The van der Waals surface area contributed by atoms with Gasteiger partial charge in [0.15, 0.2) is 0 Å². The maximum atomic E-state index is 10.3. The molecule has 0 aromatic heterocycles. The van der Waals surface area contributed by atoms with Crippen molar-refractivity contribution < 1.29 is 14.5 Å². The van der Waals surface area contributed by atoms with Gasteiger partial charge in [-0.1, -0.05) is 12.2 Å². The summed E-state index contributed by atoms with van der Waals surface area (Å²) in [6.45, 7) is 1.59. The van der Waals surface area contributed by atoms with Gasteiger partial charge in [-0.05, 0) is 25.0 Å². The number of carbonyl (C=O) groups is 1. The monoisotopic (exact) mass is 338 g/mol. The van der Waals surface area contributed by atoms with Gasteiger partial charge in [-0.3, -0.25) is 14.9 Å². The van der Waals surface area contributed by atoms with E-state index in [1.807, 2.05) is 36.0 Å². The number of nitro benzene ring substituents is 1. The lowest BCUT2D eigenvalue weighted by atomic mass is 10.3. The summed E-state index contributed by atoms with van der Waals surface area (Å²) in [7, 11) is 3.25. The molecule has 23 heavy (non-hydrogen) atoms. The molecule has 126 valence electrons. The van der Waals surface area contributed by atoms with Gasteiger partial charge in [-0.25, -0.2) is 0 Å². The molecule has 7 heteroatoms. The Morgan fingerprint density at radius 1 is 1.22 bits per heavy atom. The largest absolute Gasteiger partial charge is 0.388 e. The van der Waals surface area contributed by atoms with Gasteiger partial charge in [0, 0.05) is 49.6 Å². The molecule has 0 saturated heterocycles. The smallest absolute Gasteiger partial charge is 0.269 e. The first-order valence-corrected chi connectivity index (χ1v) is 8.14. The molecule has 1 heterocycles. The summed E-state index contributed by atoms with van der Waals surface area (Å²) in [5.41, 5.74) is 0.167. The van der Waals surface area contributed by atoms with E-state index in [0.29, 0.717) is 0 Å². The Kier molecular flexibility index (Phi) is 9.01. The molecular formula is C16H22N2O4S. The molecule has 1 saturated carbocycles. The number of nitrogens with zero attached hydrogens (tertiary/aromatic N) is 2. The summed E-state index contributed by atoms with van der Waals surface area (Å²) in [5, 5.41) is 11.1. The topological polar surface area (TPSA) is 72.7 Å². The van der Waals surface area contributed by atoms with Crippen LogP contribution in [0.2, 0.25) is 0 Å². The first-order valence-electron chi connectivity index (χ1n) is 7.26. The first kappa shape index (κ1) is 19.2. The number of carbonyl (C=O) groups excluding carboxylic acids is 1. The van der Waals surface area contributed by atoms with E-state index in [4.69, 9.17) is 0 Å². The normalized spacial score (nSPS) is 15.1. The third-order valence-electron chi connectivity index (χ3n) is 2.87. The molecule has 2 aliphatic rings. The van der Waals surface area contributed by atoms with Crippen LogP contribution in [0.3, 0.4) is 0 Å². The fourth-order valence-electron chi connectivity index (χ4n) is 1.61. The number of thioether (sulfide) groups is 1. The quantitative estimate of drug-likeness (QED) is 0.365. The van der Waals surface area contributed by atoms with E-state index in [1.54, 1.807) is 31.3 Å². The second-order valence-electron chi connectivity index (χ2n) is 5.01. The summed E-state index contributed by atoms with van der Waals surface area (Å²) in [6.07, 6.45) is 7.38. The number of methoxy groups -OCH3 is 1. The molecule has 1 aliphatic heterocycles. The van der Waals surface area contributed by atoms with E-state index in [2.05, 4.69) is 4.74 Å². The molecule has 0 radical (unpaired) electrons. The molecule has 0 atom stereocenters. The third-order valence-corrected chi connectivity index (χ3v) is 4.22. The number of benzene rings is 1. The average molecular weight is 338 g/mol. The van der Waals surface area contributed by atoms with E-state index in [-0.39, 0.29) is 10.6 Å². The summed E-state index contributed by atoms with van der Waals surface area (Å²) < 4.78 is 4.25. The minimum atomic E-state index is -0.369. The Morgan fingerprint density at radius 3 is 2.09 bits per heavy atom. The van der Waals surface area contributed by atoms with Crippen LogP contribution in [0.15, 0.2) is 41.3 Å². The zero-order valence-corrected chi connectivity index (χ0v) is 14.2. The van der Waals surface area contributed by atoms with Crippen LogP contribution in [0, 0.1) is 10.1 Å². The van der Waals surface area contributed by atoms with Crippen LogP contribution in [-0.4, -0.2) is 48.8 Å². The van der Waals surface area contributed by atoms with Crippen molar-refractivity contribution in [2.75, 3.05) is 27.3 Å². The number of amides is 1. The van der Waals surface area contributed by atoms with E-state index in [0.717, 1.165) is 29.6 Å². The molecule has 6 nitrogen and oxygen atoms in total. The van der Waals surface area contributed by atoms with Gasteiger partial charge in [-0.15, -0.1) is 11.8 Å². The third kappa shape index (κ3) is 8.37. The van der Waals surface area contributed by atoms with Crippen LogP contribution in [0.1, 0.15) is 12.8 Å². The lowest BCUT2D eigenvalue weighted by Gasteiger charge is -2.03. The summed E-state index contributed by atoms with van der Waals surface area (Å²) in [5.74, 6) is 0. The maximum Gasteiger partial charge on any atom is 0.269 e. The molecule has 0 spiro atoms. The molecule has 1 aliphatic carbocycles. The van der Waals surface area contributed by atoms with Crippen molar-refractivity contribution in [3.63, 3.8) is 0 Å². The molecule has 1 fully saturated rings. The number of rotatable bonds is 4. The van der Waals surface area contributed by atoms with Crippen molar-refractivity contribution in [2.45, 2.75) is 23.0 Å². The van der Waals surface area contributed by atoms with E-state index in [1.165, 1.54) is 12.8 Å². The second kappa shape index (κ2) is 10.8. The first-order chi connectivity index (χ1) is 11.1. The number of ether oxygens (including phenoxy) is 1. The second-order valence-corrected chi connectivity index (χ2v) is 6.38. The Balaban J connectivity index is 0.000000223. The highest BCUT2D eigenvalue weighted by atomic mass is 32.2. The lowest BCUT2D eigenvalue weighted by molar-refractivity contribution is -0.384. The van der Waals surface area contributed by atoms with Crippen LogP contribution in [0.5, 0.6) is 0 Å². The number of hydrogen-bond donors (Lipinski definition) is 0. The zero-order valence-electron chi connectivity index (χ0n) is 13.4. The summed E-state index contributed by atoms with van der Waals surface area (Å²) in [4.78, 5) is 22.7. The molecule has 1 aromatic rings. The number of non-ortho nitro benzene ring substituents is 1. The van der Waals surface area contributed by atoms with Gasteiger partial charge >= 0.3 is 0 Å². The zero-order chi connectivity index (χ0) is 17.1. The van der Waals surface area contributed by atoms with Gasteiger partial charge in [0.25, 0.3) is 5.69 Å². The van der Waals surface area contributed by atoms with Gasteiger partial charge in [0.05, 0.1) is 4.92 Å². The van der Waals surface area contributed by atoms with Crippen molar-refractivity contribution in [3.05, 3.63) is 46.5 Å². The predicted octanol–water partition coefficient (Wildman–Crippen LogP) is 3.13. The molecular weight excluding hydrogens is 316 g/mol. The molecule has 1 aromatic carbocycles. The Hall–Kier alpha value is -1.86. The number of nitro groups is 1. The SMILES string of the molecule is COC.O=CN1CC=CC1.O=[N+]([O-])c1ccc(SC2CC2)cc1. The summed E-state index contributed by atoms with van der Waals surface area (Å²) in [6, 6.07) is 6.76. The molecule has 0 unspecified atom stereocenters. The van der Waals surface area contributed by atoms with Crippen molar-refractivity contribution in [1.29, 1.82) is 0 Å². The van der Waals surface area contributed by atoms with Crippen LogP contribution in [-0.2, 0) is 9.53 Å². The van der Waals surface area contributed by atoms with Gasteiger partial charge in [0.1, 0.15) is 0 Å². The van der Waals surface area contributed by atoms with Crippen LogP contribution in [0.4, 0.5) is 5.69 Å². The highest BCUT2D eigenvalue weighted by Gasteiger charge is 2.22. The van der Waals surface area contributed by atoms with Gasteiger partial charge < -0.3 is 9.64 Å². The van der Waals surface area contributed by atoms with Crippen molar-refractivity contribution in [1.82, 2.24) is 4.90 Å². The van der Waals surface area contributed by atoms with Gasteiger partial charge in [0.2, 0.25) is 6.41 Å². The molecule has 3 rings (SSSR count). The standard InChI is InChI=1S/C9H9NO2S.C5H7NO.C2H6O/c11-10(12)7-1-3-8(4-2-7)13-9-5-6-9;7-5-6-3-1-2-4-6;1-3-2/h1-4,9H,5-6H2;1-2,5H,3-4H2;1-2H3. The minimum Gasteiger partial charge on any atom is -0.388 e. The highest BCUT2D eigenvalue weighted by Crippen LogP contribution is 2.39. The molecule has 0 bridgehead atoms. The Labute approximate surface area is 140 Å². The predicted molar refractivity (Wildman–Crippen MR) is 91.7 cm³/mol. The molecule has 1 amide bonds. The van der Waals surface area contributed by atoms with Crippen LogP contribution < -0.4 is 0 Å². The fraction of sp³-hybridized carbons (Fsp3) is 0.438.